The van der Waals surface area contributed by atoms with Crippen LogP contribution in [0.2, 0.25) is 0 Å². The van der Waals surface area contributed by atoms with E-state index in [4.69, 9.17) is 9.47 Å². The highest BCUT2D eigenvalue weighted by molar-refractivity contribution is 5.68. The number of unbranched alkanes of at least 4 members (excludes halogenated alkanes) is 1. The maximum absolute atomic E-state index is 13.8. The van der Waals surface area contributed by atoms with Crippen LogP contribution in [0.15, 0.2) is 84.9 Å². The fraction of sp³-hybridized carbons (Fsp3) is 0.400. The summed E-state index contributed by atoms with van der Waals surface area (Å²) in [4.78, 5) is 11.4. The molecule has 4 rings (SSSR count). The number of carboxylic acids is 1. The highest BCUT2D eigenvalue weighted by atomic mass is 19.1. The van der Waals surface area contributed by atoms with E-state index in [1.54, 1.807) is 0 Å². The molecular weight excluding hydrogens is 503 g/mol. The first kappa shape index (κ1) is 29.5. The molecule has 1 saturated heterocycles. The molecule has 3 aromatic carbocycles. The van der Waals surface area contributed by atoms with Gasteiger partial charge in [-0.3, -0.25) is 0 Å². The second kappa shape index (κ2) is 12.8. The molecule has 40 heavy (non-hydrogen) atoms. The maximum atomic E-state index is 13.8. The van der Waals surface area contributed by atoms with Crippen LogP contribution in [0.3, 0.4) is 0 Å². The van der Waals surface area contributed by atoms with Gasteiger partial charge < -0.3 is 14.6 Å². The van der Waals surface area contributed by atoms with Crippen molar-refractivity contribution in [3.63, 3.8) is 0 Å². The molecule has 1 aliphatic heterocycles. The van der Waals surface area contributed by atoms with Crippen LogP contribution in [-0.4, -0.2) is 23.8 Å². The Bertz CT molecular complexity index is 1300. The Kier molecular flexibility index (Phi) is 9.47. The summed E-state index contributed by atoms with van der Waals surface area (Å²) in [6.07, 6.45) is 3.29. The lowest BCUT2D eigenvalue weighted by Gasteiger charge is -2.43. The lowest BCUT2D eigenvalue weighted by Crippen LogP contribution is -2.36. The summed E-state index contributed by atoms with van der Waals surface area (Å²) in [5.41, 5.74) is 4.86. The van der Waals surface area contributed by atoms with Crippen LogP contribution in [0.25, 0.3) is 0 Å². The van der Waals surface area contributed by atoms with E-state index >= 15 is 0 Å². The number of halogens is 1. The maximum Gasteiger partial charge on any atom is 0.341 e. The minimum absolute atomic E-state index is 0.0322. The smallest absolute Gasteiger partial charge is 0.341 e. The molecule has 1 fully saturated rings. The standard InChI is InChI=1S/C35H41FO4/c1-6-7-13-32-29(24-14-17-27(36)18-15-24)21-28(23(2)3)34(40-32)30-20-26(16-19-31(30)39-22-33(37)38)35(4,5)25-11-9-8-10-12-25/h8-12,14-20,28-29,32,34H,2,6-7,13,21-22H2,1,3-5H3,(H,37,38)/t28-,29-,32+,34+/m1/s1. The van der Waals surface area contributed by atoms with E-state index in [2.05, 4.69) is 45.5 Å². The van der Waals surface area contributed by atoms with Crippen molar-refractivity contribution in [3.8, 4) is 5.75 Å². The third-order valence-corrected chi connectivity index (χ3v) is 8.30. The topological polar surface area (TPSA) is 55.8 Å². The number of carbonyl (C=O) groups is 1. The third-order valence-electron chi connectivity index (χ3n) is 8.30. The number of aliphatic carboxylic acids is 1. The molecule has 0 bridgehead atoms. The van der Waals surface area contributed by atoms with Gasteiger partial charge in [0.25, 0.3) is 0 Å². The van der Waals surface area contributed by atoms with Gasteiger partial charge in [0, 0.05) is 22.8 Å². The molecule has 4 atom stereocenters. The average Bonchev–Trinajstić information content (AvgIpc) is 2.95. The van der Waals surface area contributed by atoms with Gasteiger partial charge in [-0.15, -0.1) is 0 Å². The highest BCUT2D eigenvalue weighted by Gasteiger charge is 2.41. The molecular formula is C35H41FO4. The summed E-state index contributed by atoms with van der Waals surface area (Å²) in [6, 6.07) is 23.1. The normalized spacial score (nSPS) is 21.1. The predicted octanol–water partition coefficient (Wildman–Crippen LogP) is 8.61. The highest BCUT2D eigenvalue weighted by Crippen LogP contribution is 2.50. The van der Waals surface area contributed by atoms with Gasteiger partial charge in [0.2, 0.25) is 0 Å². The molecule has 212 valence electrons. The zero-order valence-electron chi connectivity index (χ0n) is 24.0. The molecule has 0 spiro atoms. The van der Waals surface area contributed by atoms with E-state index in [1.165, 1.54) is 17.7 Å². The van der Waals surface area contributed by atoms with Crippen molar-refractivity contribution in [3.05, 3.63) is 113 Å². The van der Waals surface area contributed by atoms with Crippen molar-refractivity contribution < 1.29 is 23.8 Å². The van der Waals surface area contributed by atoms with E-state index in [1.807, 2.05) is 49.4 Å². The van der Waals surface area contributed by atoms with Crippen LogP contribution in [0.5, 0.6) is 5.75 Å². The van der Waals surface area contributed by atoms with E-state index in [9.17, 15) is 14.3 Å². The van der Waals surface area contributed by atoms with Crippen molar-refractivity contribution in [1.82, 2.24) is 0 Å². The SMILES string of the molecule is C=C(C)[C@H]1C[C@H](c2ccc(F)cc2)[C@H](CCCC)O[C@@H]1c1cc(C(C)(C)c2ccccc2)ccc1OCC(=O)O. The fourth-order valence-corrected chi connectivity index (χ4v) is 5.86. The number of hydrogen-bond acceptors (Lipinski definition) is 3. The second-order valence-corrected chi connectivity index (χ2v) is 11.5. The molecule has 0 amide bonds. The summed E-state index contributed by atoms with van der Waals surface area (Å²) in [7, 11) is 0. The Hall–Kier alpha value is -3.44. The van der Waals surface area contributed by atoms with Gasteiger partial charge in [0.15, 0.2) is 6.61 Å². The Morgan fingerprint density at radius 1 is 1.07 bits per heavy atom. The Morgan fingerprint density at radius 2 is 1.77 bits per heavy atom. The monoisotopic (exact) mass is 544 g/mol. The molecule has 1 N–H and O–H groups in total. The van der Waals surface area contributed by atoms with Gasteiger partial charge in [-0.05, 0) is 60.7 Å². The Labute approximate surface area is 237 Å². The van der Waals surface area contributed by atoms with Gasteiger partial charge in [-0.2, -0.15) is 0 Å². The fourth-order valence-electron chi connectivity index (χ4n) is 5.86. The molecule has 0 saturated carbocycles. The summed E-state index contributed by atoms with van der Waals surface area (Å²) in [6.45, 7) is 12.5. The second-order valence-electron chi connectivity index (χ2n) is 11.5. The van der Waals surface area contributed by atoms with Crippen LogP contribution >= 0.6 is 0 Å². The first-order valence-corrected chi connectivity index (χ1v) is 14.2. The molecule has 0 radical (unpaired) electrons. The predicted molar refractivity (Wildman–Crippen MR) is 157 cm³/mol. The van der Waals surface area contributed by atoms with Crippen LogP contribution < -0.4 is 4.74 Å². The van der Waals surface area contributed by atoms with Crippen molar-refractivity contribution in [2.24, 2.45) is 5.92 Å². The first-order valence-electron chi connectivity index (χ1n) is 14.2. The van der Waals surface area contributed by atoms with Crippen molar-refractivity contribution in [2.45, 2.75) is 76.9 Å². The van der Waals surface area contributed by atoms with Crippen LogP contribution in [-0.2, 0) is 14.9 Å². The molecule has 1 aliphatic rings. The molecule has 0 aliphatic carbocycles. The summed E-state index contributed by atoms with van der Waals surface area (Å²) in [5.74, 6) is -0.704. The number of ether oxygens (including phenoxy) is 2. The number of rotatable bonds is 11. The number of carboxylic acid groups (broad SMARTS) is 1. The van der Waals surface area contributed by atoms with Crippen LogP contribution in [0.4, 0.5) is 4.39 Å². The van der Waals surface area contributed by atoms with E-state index in [0.29, 0.717) is 5.75 Å². The third kappa shape index (κ3) is 6.64. The summed E-state index contributed by atoms with van der Waals surface area (Å²) in [5, 5.41) is 9.37. The lowest BCUT2D eigenvalue weighted by atomic mass is 9.73. The van der Waals surface area contributed by atoms with E-state index in [0.717, 1.165) is 47.9 Å². The zero-order valence-corrected chi connectivity index (χ0v) is 24.0. The largest absolute Gasteiger partial charge is 0.482 e. The van der Waals surface area contributed by atoms with Crippen LogP contribution in [0.1, 0.15) is 87.7 Å². The summed E-state index contributed by atoms with van der Waals surface area (Å²) >= 11 is 0. The van der Waals surface area contributed by atoms with Crippen molar-refractivity contribution >= 4 is 5.97 Å². The number of benzene rings is 3. The van der Waals surface area contributed by atoms with Gasteiger partial charge in [-0.25, -0.2) is 9.18 Å². The molecule has 1 heterocycles. The van der Waals surface area contributed by atoms with E-state index < -0.39 is 12.6 Å². The van der Waals surface area contributed by atoms with Crippen LogP contribution in [0, 0.1) is 11.7 Å². The molecule has 5 heteroatoms. The minimum Gasteiger partial charge on any atom is -0.482 e. The zero-order chi connectivity index (χ0) is 28.9. The lowest BCUT2D eigenvalue weighted by molar-refractivity contribution is -0.139. The molecule has 3 aromatic rings. The van der Waals surface area contributed by atoms with Gasteiger partial charge >= 0.3 is 5.97 Å². The molecule has 0 unspecified atom stereocenters. The van der Waals surface area contributed by atoms with Crippen molar-refractivity contribution in [1.29, 1.82) is 0 Å². The Morgan fingerprint density at radius 3 is 2.40 bits per heavy atom. The molecule has 0 aromatic heterocycles. The number of hydrogen-bond donors (Lipinski definition) is 1. The first-order chi connectivity index (χ1) is 19.1. The van der Waals surface area contributed by atoms with Gasteiger partial charge in [0.05, 0.1) is 12.2 Å². The summed E-state index contributed by atoms with van der Waals surface area (Å²) < 4.78 is 26.6. The van der Waals surface area contributed by atoms with E-state index in [-0.39, 0.29) is 35.3 Å². The minimum atomic E-state index is -1.03. The molecule has 4 nitrogen and oxygen atoms in total. The van der Waals surface area contributed by atoms with Crippen molar-refractivity contribution in [2.75, 3.05) is 6.61 Å². The quantitative estimate of drug-likeness (QED) is 0.246. The van der Waals surface area contributed by atoms with Gasteiger partial charge in [-0.1, -0.05) is 94.3 Å². The Balaban J connectivity index is 1.80. The average molecular weight is 545 g/mol. The van der Waals surface area contributed by atoms with Gasteiger partial charge in [0.1, 0.15) is 11.6 Å².